The number of urea groups is 1. The Bertz CT molecular complexity index is 1660. The minimum Gasteiger partial charge on any atom is -0.410 e. The summed E-state index contributed by atoms with van der Waals surface area (Å²) in [6.07, 6.45) is 4.61. The number of hydrogen-bond acceptors (Lipinski definition) is 4. The third-order valence-electron chi connectivity index (χ3n) is 8.97. The van der Waals surface area contributed by atoms with E-state index in [2.05, 4.69) is 43.5 Å². The van der Waals surface area contributed by atoms with Crippen LogP contribution in [0.2, 0.25) is 0 Å². The summed E-state index contributed by atoms with van der Waals surface area (Å²) in [4.78, 5) is 28.3. The first-order chi connectivity index (χ1) is 21.5. The van der Waals surface area contributed by atoms with Crippen molar-refractivity contribution in [3.8, 4) is 11.4 Å². The second kappa shape index (κ2) is 12.4. The molecule has 2 unspecified atom stereocenters. The fourth-order valence-electron chi connectivity index (χ4n) is 6.62. The van der Waals surface area contributed by atoms with E-state index >= 15 is 0 Å². The van der Waals surface area contributed by atoms with Crippen LogP contribution in [0.5, 0.6) is 5.75 Å². The highest BCUT2D eigenvalue weighted by atomic mass is 16.6. The molecule has 2 N–H and O–H groups in total. The summed E-state index contributed by atoms with van der Waals surface area (Å²) in [5, 5.41) is 10.9. The summed E-state index contributed by atoms with van der Waals surface area (Å²) >= 11 is 0. The lowest BCUT2D eigenvalue weighted by atomic mass is 9.86. The fraction of sp³-hybridized carbons (Fsp3) is 0.378. The van der Waals surface area contributed by atoms with Crippen LogP contribution in [0, 0.1) is 19.8 Å². The minimum absolute atomic E-state index is 0.172. The molecule has 2 aliphatic heterocycles. The van der Waals surface area contributed by atoms with Crippen molar-refractivity contribution in [2.45, 2.75) is 84.2 Å². The number of carbonyl (C=O) groups excluding carboxylic acids is 2. The lowest BCUT2D eigenvalue weighted by Crippen LogP contribution is -2.48. The fourth-order valence-corrected chi connectivity index (χ4v) is 6.62. The van der Waals surface area contributed by atoms with Gasteiger partial charge in [0.1, 0.15) is 11.6 Å². The van der Waals surface area contributed by atoms with Gasteiger partial charge in [0.2, 0.25) is 0 Å². The molecule has 2 saturated heterocycles. The smallest absolute Gasteiger partial charge is 0.410 e. The predicted octanol–water partition coefficient (Wildman–Crippen LogP) is 8.42. The van der Waals surface area contributed by atoms with E-state index in [1.54, 1.807) is 4.68 Å². The number of benzene rings is 3. The van der Waals surface area contributed by atoms with Gasteiger partial charge in [-0.2, -0.15) is 5.10 Å². The SMILES string of the molecule is Cc1ccc(OC(=O)N2C3CCC2CC(Cc2cccc(NC(=O)Nc4cc(C(C)(C)C)nn4-c4ccc(C)cc4)c2)C3)cc1. The molecule has 4 aromatic rings. The standard InChI is InChI=1S/C37H43N5O3/c1-24-9-13-29(14-10-24)42-34(23-33(40-42)37(3,4)5)39-35(43)38-28-8-6-7-26(20-28)19-27-21-30-15-16-31(22-27)41(30)36(44)45-32-17-11-25(2)12-18-32/h6-14,17-18,20,23,27,30-31H,15-16,19,21-22H2,1-5H3,(H2,38,39,43). The maximum atomic E-state index is 13.2. The Labute approximate surface area is 265 Å². The zero-order chi connectivity index (χ0) is 31.7. The highest BCUT2D eigenvalue weighted by molar-refractivity contribution is 5.99. The van der Waals surface area contributed by atoms with Gasteiger partial charge in [-0.05, 0) is 93.8 Å². The van der Waals surface area contributed by atoms with Crippen LogP contribution in [0.1, 0.15) is 68.8 Å². The predicted molar refractivity (Wildman–Crippen MR) is 178 cm³/mol. The van der Waals surface area contributed by atoms with Crippen molar-refractivity contribution in [2.24, 2.45) is 5.92 Å². The first-order valence-corrected chi connectivity index (χ1v) is 15.9. The summed E-state index contributed by atoms with van der Waals surface area (Å²) in [5.74, 6) is 1.67. The van der Waals surface area contributed by atoms with E-state index in [0.717, 1.165) is 60.3 Å². The number of hydrogen-bond donors (Lipinski definition) is 2. The van der Waals surface area contributed by atoms with Crippen molar-refractivity contribution in [1.29, 1.82) is 0 Å². The van der Waals surface area contributed by atoms with Gasteiger partial charge in [0, 0.05) is 29.3 Å². The number of aryl methyl sites for hydroxylation is 2. The molecule has 0 saturated carbocycles. The Morgan fingerprint density at radius 1 is 0.867 bits per heavy atom. The molecule has 3 aromatic carbocycles. The maximum absolute atomic E-state index is 13.2. The van der Waals surface area contributed by atoms with E-state index in [9.17, 15) is 9.59 Å². The van der Waals surface area contributed by atoms with Crippen LogP contribution in [-0.2, 0) is 11.8 Å². The van der Waals surface area contributed by atoms with Crippen LogP contribution in [0.15, 0.2) is 78.9 Å². The number of carbonyl (C=O) groups is 2. The van der Waals surface area contributed by atoms with Crippen LogP contribution in [0.4, 0.5) is 21.1 Å². The van der Waals surface area contributed by atoms with Crippen molar-refractivity contribution < 1.29 is 14.3 Å². The number of nitrogens with zero attached hydrogens (tertiary/aromatic N) is 3. The number of piperidine rings is 1. The number of rotatable bonds is 6. The summed E-state index contributed by atoms with van der Waals surface area (Å²) < 4.78 is 7.51. The molecule has 6 rings (SSSR count). The normalized spacial score (nSPS) is 19.3. The average Bonchev–Trinajstić information content (AvgIpc) is 3.53. The molecular formula is C37H43N5O3. The molecule has 0 aliphatic carbocycles. The first-order valence-electron chi connectivity index (χ1n) is 15.9. The topological polar surface area (TPSA) is 88.5 Å². The van der Waals surface area contributed by atoms with Crippen LogP contribution in [0.25, 0.3) is 5.69 Å². The number of nitrogens with one attached hydrogen (secondary N) is 2. The van der Waals surface area contributed by atoms with Gasteiger partial charge in [0.05, 0.1) is 11.4 Å². The summed E-state index contributed by atoms with van der Waals surface area (Å²) in [7, 11) is 0. The Balaban J connectivity index is 1.08. The molecule has 234 valence electrons. The third kappa shape index (κ3) is 7.06. The van der Waals surface area contributed by atoms with Gasteiger partial charge in [0.15, 0.2) is 0 Å². The summed E-state index contributed by atoms with van der Waals surface area (Å²) in [6.45, 7) is 10.4. The Hall–Kier alpha value is -4.59. The van der Waals surface area contributed by atoms with E-state index in [-0.39, 0.29) is 29.6 Å². The molecule has 2 aliphatic rings. The van der Waals surface area contributed by atoms with Crippen molar-refractivity contribution in [2.75, 3.05) is 10.6 Å². The molecule has 8 nitrogen and oxygen atoms in total. The number of anilines is 2. The van der Waals surface area contributed by atoms with Crippen molar-refractivity contribution in [1.82, 2.24) is 14.7 Å². The molecular weight excluding hydrogens is 562 g/mol. The lowest BCUT2D eigenvalue weighted by Gasteiger charge is -2.38. The van der Waals surface area contributed by atoms with E-state index in [0.29, 0.717) is 17.5 Å². The van der Waals surface area contributed by atoms with Gasteiger partial charge >= 0.3 is 12.1 Å². The van der Waals surface area contributed by atoms with E-state index in [4.69, 9.17) is 9.84 Å². The molecule has 2 atom stereocenters. The quantitative estimate of drug-likeness (QED) is 0.231. The highest BCUT2D eigenvalue weighted by Gasteiger charge is 2.44. The zero-order valence-corrected chi connectivity index (χ0v) is 26.8. The molecule has 0 spiro atoms. The molecule has 8 heteroatoms. The molecule has 2 fully saturated rings. The van der Waals surface area contributed by atoms with Crippen molar-refractivity contribution in [3.63, 3.8) is 0 Å². The van der Waals surface area contributed by atoms with Crippen molar-refractivity contribution >= 4 is 23.6 Å². The second-order valence-electron chi connectivity index (χ2n) is 13.7. The van der Waals surface area contributed by atoms with Gasteiger partial charge in [-0.15, -0.1) is 0 Å². The van der Waals surface area contributed by atoms with E-state index < -0.39 is 0 Å². The highest BCUT2D eigenvalue weighted by Crippen LogP contribution is 2.40. The average molecular weight is 606 g/mol. The second-order valence-corrected chi connectivity index (χ2v) is 13.7. The molecule has 3 heterocycles. The van der Waals surface area contributed by atoms with E-state index in [1.165, 1.54) is 5.56 Å². The lowest BCUT2D eigenvalue weighted by molar-refractivity contribution is 0.0903. The molecule has 0 radical (unpaired) electrons. The van der Waals surface area contributed by atoms with Gasteiger partial charge in [-0.3, -0.25) is 5.32 Å². The van der Waals surface area contributed by atoms with Gasteiger partial charge in [-0.25, -0.2) is 14.3 Å². The van der Waals surface area contributed by atoms with Crippen LogP contribution < -0.4 is 15.4 Å². The molecule has 3 amide bonds. The minimum atomic E-state index is -0.320. The van der Waals surface area contributed by atoms with Crippen molar-refractivity contribution in [3.05, 3.63) is 101 Å². The molecule has 45 heavy (non-hydrogen) atoms. The Morgan fingerprint density at radius 2 is 1.51 bits per heavy atom. The van der Waals surface area contributed by atoms with E-state index in [1.807, 2.05) is 85.5 Å². The van der Waals surface area contributed by atoms with Crippen LogP contribution >= 0.6 is 0 Å². The summed E-state index contributed by atoms with van der Waals surface area (Å²) in [5.41, 5.74) is 5.82. The number of amides is 3. The zero-order valence-electron chi connectivity index (χ0n) is 26.8. The first kappa shape index (κ1) is 30.4. The van der Waals surface area contributed by atoms with Gasteiger partial charge < -0.3 is 15.0 Å². The molecule has 2 bridgehead atoms. The Kier molecular flexibility index (Phi) is 8.40. The third-order valence-corrected chi connectivity index (χ3v) is 8.97. The van der Waals surface area contributed by atoms with Gasteiger partial charge in [-0.1, -0.05) is 68.3 Å². The number of ether oxygens (including phenoxy) is 1. The number of aromatic nitrogens is 2. The maximum Gasteiger partial charge on any atom is 0.415 e. The summed E-state index contributed by atoms with van der Waals surface area (Å²) in [6, 6.07) is 25.8. The van der Waals surface area contributed by atoms with Crippen LogP contribution in [-0.4, -0.2) is 38.9 Å². The largest absolute Gasteiger partial charge is 0.415 e. The number of fused-ring (bicyclic) bond motifs is 2. The Morgan fingerprint density at radius 3 is 2.16 bits per heavy atom. The monoisotopic (exact) mass is 605 g/mol. The van der Waals surface area contributed by atoms with Crippen LogP contribution in [0.3, 0.4) is 0 Å². The van der Waals surface area contributed by atoms with Gasteiger partial charge in [0.25, 0.3) is 0 Å². The molecule has 1 aromatic heterocycles.